The molecular weight excluding hydrogens is 387 g/mol. The Hall–Kier alpha value is -1.44. The van der Waals surface area contributed by atoms with Crippen LogP contribution in [0.25, 0.3) is 0 Å². The molecule has 1 aliphatic heterocycles. The molecule has 1 unspecified atom stereocenters. The first kappa shape index (κ1) is 15.9. The predicted molar refractivity (Wildman–Crippen MR) is 83.0 cm³/mol. The van der Waals surface area contributed by atoms with Gasteiger partial charge in [-0.2, -0.15) is 0 Å². The van der Waals surface area contributed by atoms with Crippen molar-refractivity contribution in [2.24, 2.45) is 0 Å². The summed E-state index contributed by atoms with van der Waals surface area (Å²) in [5.74, 6) is -2.95. The molecule has 1 aromatic carbocycles. The number of rotatable bonds is 3. The normalized spacial score (nSPS) is 19.4. The number of ketones is 1. The SMILES string of the molecule is CCOC(=O)C(=O)C1c2cc(I)ccc2C(=O)OC1(C)C. The summed E-state index contributed by atoms with van der Waals surface area (Å²) in [4.78, 5) is 36.2. The maximum atomic E-state index is 12.4. The molecule has 0 aliphatic carbocycles. The maximum Gasteiger partial charge on any atom is 0.375 e. The monoisotopic (exact) mass is 402 g/mol. The molecule has 6 heteroatoms. The lowest BCUT2D eigenvalue weighted by Crippen LogP contribution is -2.46. The fourth-order valence-corrected chi connectivity index (χ4v) is 2.98. The van der Waals surface area contributed by atoms with Crippen molar-refractivity contribution in [1.82, 2.24) is 0 Å². The molecule has 112 valence electrons. The fraction of sp³-hybridized carbons (Fsp3) is 0.400. The third kappa shape index (κ3) is 2.95. The zero-order valence-corrected chi connectivity index (χ0v) is 14.1. The Kier molecular flexibility index (Phi) is 4.36. The van der Waals surface area contributed by atoms with Gasteiger partial charge in [0.2, 0.25) is 0 Å². The molecule has 1 aliphatic rings. The van der Waals surface area contributed by atoms with Gasteiger partial charge >= 0.3 is 11.9 Å². The fourth-order valence-electron chi connectivity index (χ4n) is 2.46. The second-order valence-electron chi connectivity index (χ2n) is 5.24. The lowest BCUT2D eigenvalue weighted by molar-refractivity contribution is -0.157. The lowest BCUT2D eigenvalue weighted by atomic mass is 9.77. The number of ether oxygens (including phenoxy) is 2. The van der Waals surface area contributed by atoms with Crippen LogP contribution < -0.4 is 0 Å². The number of fused-ring (bicyclic) bond motifs is 1. The van der Waals surface area contributed by atoms with E-state index in [0.717, 1.165) is 3.57 Å². The van der Waals surface area contributed by atoms with E-state index in [-0.39, 0.29) is 6.61 Å². The van der Waals surface area contributed by atoms with Crippen LogP contribution in [0.3, 0.4) is 0 Å². The van der Waals surface area contributed by atoms with Crippen LogP contribution in [0.1, 0.15) is 42.6 Å². The van der Waals surface area contributed by atoms with Gasteiger partial charge in [0.25, 0.3) is 5.78 Å². The molecule has 0 fully saturated rings. The number of cyclic esters (lactones) is 1. The van der Waals surface area contributed by atoms with Crippen LogP contribution in [0.15, 0.2) is 18.2 Å². The van der Waals surface area contributed by atoms with E-state index >= 15 is 0 Å². The van der Waals surface area contributed by atoms with E-state index in [1.807, 2.05) is 0 Å². The van der Waals surface area contributed by atoms with Gasteiger partial charge in [0.05, 0.1) is 18.1 Å². The minimum absolute atomic E-state index is 0.122. The molecule has 0 radical (unpaired) electrons. The Morgan fingerprint density at radius 1 is 1.38 bits per heavy atom. The number of benzene rings is 1. The smallest absolute Gasteiger partial charge is 0.375 e. The third-order valence-corrected chi connectivity index (χ3v) is 4.01. The van der Waals surface area contributed by atoms with Crippen molar-refractivity contribution < 1.29 is 23.9 Å². The van der Waals surface area contributed by atoms with E-state index in [0.29, 0.717) is 11.1 Å². The Labute approximate surface area is 136 Å². The standard InChI is InChI=1S/C15H15IO5/c1-4-20-14(19)12(17)11-10-7-8(16)5-6-9(10)13(18)21-15(11,2)3/h5-7,11H,4H2,1-3H3. The van der Waals surface area contributed by atoms with Crippen molar-refractivity contribution in [2.75, 3.05) is 6.61 Å². The van der Waals surface area contributed by atoms with Crippen molar-refractivity contribution >= 4 is 40.3 Å². The molecule has 0 N–H and O–H groups in total. The first-order chi connectivity index (χ1) is 9.77. The van der Waals surface area contributed by atoms with Crippen molar-refractivity contribution in [3.63, 3.8) is 0 Å². The highest BCUT2D eigenvalue weighted by molar-refractivity contribution is 14.1. The molecule has 0 amide bonds. The average Bonchev–Trinajstić information content (AvgIpc) is 2.37. The van der Waals surface area contributed by atoms with Crippen molar-refractivity contribution in [1.29, 1.82) is 0 Å². The van der Waals surface area contributed by atoms with Gasteiger partial charge in [-0.3, -0.25) is 4.79 Å². The molecule has 0 saturated carbocycles. The molecule has 2 rings (SSSR count). The highest BCUT2D eigenvalue weighted by Gasteiger charge is 2.48. The third-order valence-electron chi connectivity index (χ3n) is 3.33. The summed E-state index contributed by atoms with van der Waals surface area (Å²) in [5, 5.41) is 0. The molecule has 5 nitrogen and oxygen atoms in total. The van der Waals surface area contributed by atoms with E-state index in [4.69, 9.17) is 9.47 Å². The Balaban J connectivity index is 2.55. The molecule has 0 saturated heterocycles. The van der Waals surface area contributed by atoms with Gasteiger partial charge in [-0.05, 0) is 67.1 Å². The van der Waals surface area contributed by atoms with Gasteiger partial charge in [0.15, 0.2) is 0 Å². The van der Waals surface area contributed by atoms with E-state index in [2.05, 4.69) is 22.6 Å². The highest BCUT2D eigenvalue weighted by Crippen LogP contribution is 2.40. The second kappa shape index (κ2) is 5.75. The number of esters is 2. The molecule has 1 heterocycles. The number of hydrogen-bond acceptors (Lipinski definition) is 5. The highest BCUT2D eigenvalue weighted by atomic mass is 127. The van der Waals surface area contributed by atoms with Crippen molar-refractivity contribution in [2.45, 2.75) is 32.3 Å². The average molecular weight is 402 g/mol. The molecule has 1 aromatic rings. The van der Waals surface area contributed by atoms with E-state index in [1.165, 1.54) is 0 Å². The molecule has 0 bridgehead atoms. The molecule has 0 aromatic heterocycles. The number of carbonyl (C=O) groups excluding carboxylic acids is 3. The first-order valence-electron chi connectivity index (χ1n) is 6.51. The van der Waals surface area contributed by atoms with Crippen molar-refractivity contribution in [3.8, 4) is 0 Å². The largest absolute Gasteiger partial charge is 0.460 e. The van der Waals surface area contributed by atoms with Gasteiger partial charge < -0.3 is 9.47 Å². The quantitative estimate of drug-likeness (QED) is 0.442. The lowest BCUT2D eigenvalue weighted by Gasteiger charge is -2.37. The Morgan fingerprint density at radius 3 is 2.67 bits per heavy atom. The zero-order valence-electron chi connectivity index (χ0n) is 11.9. The summed E-state index contributed by atoms with van der Waals surface area (Å²) >= 11 is 2.09. The topological polar surface area (TPSA) is 69.7 Å². The predicted octanol–water partition coefficient (Wildman–Crippen LogP) is 2.46. The second-order valence-corrected chi connectivity index (χ2v) is 6.49. The van der Waals surface area contributed by atoms with Crippen LogP contribution in [0.2, 0.25) is 0 Å². The zero-order chi connectivity index (χ0) is 15.8. The summed E-state index contributed by atoms with van der Waals surface area (Å²) in [5.41, 5.74) is -0.267. The summed E-state index contributed by atoms with van der Waals surface area (Å²) in [7, 11) is 0. The molecule has 21 heavy (non-hydrogen) atoms. The molecule has 1 atom stereocenters. The van der Waals surface area contributed by atoms with Gasteiger partial charge in [0.1, 0.15) is 5.60 Å². The van der Waals surface area contributed by atoms with Gasteiger partial charge in [0, 0.05) is 3.57 Å². The number of carbonyl (C=O) groups is 3. The van der Waals surface area contributed by atoms with E-state index in [1.54, 1.807) is 39.0 Å². The van der Waals surface area contributed by atoms with Crippen LogP contribution in [0.5, 0.6) is 0 Å². The molecule has 0 spiro atoms. The summed E-state index contributed by atoms with van der Waals surface area (Å²) in [6.07, 6.45) is 0. The van der Waals surface area contributed by atoms with Crippen LogP contribution in [-0.4, -0.2) is 29.9 Å². The summed E-state index contributed by atoms with van der Waals surface area (Å²) in [6.45, 7) is 5.00. The van der Waals surface area contributed by atoms with Crippen molar-refractivity contribution in [3.05, 3.63) is 32.9 Å². The van der Waals surface area contributed by atoms with Crippen LogP contribution in [-0.2, 0) is 19.1 Å². The number of halogens is 1. The van der Waals surface area contributed by atoms with Crippen LogP contribution in [0, 0.1) is 3.57 Å². The summed E-state index contributed by atoms with van der Waals surface area (Å²) < 4.78 is 11.0. The summed E-state index contributed by atoms with van der Waals surface area (Å²) in [6, 6.07) is 5.10. The van der Waals surface area contributed by atoms with Gasteiger partial charge in [-0.1, -0.05) is 0 Å². The minimum Gasteiger partial charge on any atom is -0.460 e. The van der Waals surface area contributed by atoms with Gasteiger partial charge in [-0.15, -0.1) is 0 Å². The molecular formula is C15H15IO5. The first-order valence-corrected chi connectivity index (χ1v) is 7.59. The Bertz CT molecular complexity index is 620. The van der Waals surface area contributed by atoms with Gasteiger partial charge in [-0.25, -0.2) is 9.59 Å². The van der Waals surface area contributed by atoms with Crippen LogP contribution >= 0.6 is 22.6 Å². The minimum atomic E-state index is -1.10. The maximum absolute atomic E-state index is 12.4. The number of hydrogen-bond donors (Lipinski definition) is 0. The Morgan fingerprint density at radius 2 is 2.05 bits per heavy atom. The number of Topliss-reactive ketones (excluding diaryl/α,β-unsaturated/α-hetero) is 1. The van der Waals surface area contributed by atoms with E-state index < -0.39 is 29.2 Å². The van der Waals surface area contributed by atoms with E-state index in [9.17, 15) is 14.4 Å². The van der Waals surface area contributed by atoms with Crippen LogP contribution in [0.4, 0.5) is 0 Å².